The summed E-state index contributed by atoms with van der Waals surface area (Å²) in [7, 11) is 1.74. The summed E-state index contributed by atoms with van der Waals surface area (Å²) in [5.41, 5.74) is 5.92. The van der Waals surface area contributed by atoms with Crippen LogP contribution < -0.4 is 10.5 Å². The van der Waals surface area contributed by atoms with Crippen molar-refractivity contribution in [2.45, 2.75) is 36.3 Å². The number of rotatable bonds is 4. The molecule has 0 bridgehead atoms. The van der Waals surface area contributed by atoms with Gasteiger partial charge in [-0.1, -0.05) is 25.5 Å². The molecule has 0 heterocycles. The van der Waals surface area contributed by atoms with Gasteiger partial charge in [0.15, 0.2) is 0 Å². The predicted molar refractivity (Wildman–Crippen MR) is 78.2 cm³/mol. The molecule has 1 aliphatic rings. The molecule has 1 aromatic rings. The van der Waals surface area contributed by atoms with Gasteiger partial charge in [-0.2, -0.15) is 0 Å². The molecule has 100 valence electrons. The van der Waals surface area contributed by atoms with Crippen molar-refractivity contribution in [3.8, 4) is 5.75 Å². The molecule has 0 saturated heterocycles. The highest BCUT2D eigenvalue weighted by atomic mass is 32.2. The quantitative estimate of drug-likeness (QED) is 0.904. The second kappa shape index (κ2) is 6.48. The first kappa shape index (κ1) is 13.8. The van der Waals surface area contributed by atoms with Crippen LogP contribution in [0.5, 0.6) is 5.75 Å². The van der Waals surface area contributed by atoms with E-state index < -0.39 is 0 Å². The molecule has 1 saturated carbocycles. The first-order valence-corrected chi connectivity index (χ1v) is 7.62. The van der Waals surface area contributed by atoms with E-state index in [2.05, 4.69) is 19.1 Å². The highest BCUT2D eigenvalue weighted by Crippen LogP contribution is 2.42. The van der Waals surface area contributed by atoms with Crippen LogP contribution in [0.15, 0.2) is 29.2 Å². The van der Waals surface area contributed by atoms with Crippen molar-refractivity contribution in [3.05, 3.63) is 24.3 Å². The average molecular weight is 265 g/mol. The SMILES string of the molecule is COc1ccccc1SC1CC(C)CCC1CN. The number of methoxy groups -OCH3 is 1. The van der Waals surface area contributed by atoms with Crippen molar-refractivity contribution in [3.63, 3.8) is 0 Å². The van der Waals surface area contributed by atoms with E-state index >= 15 is 0 Å². The van der Waals surface area contributed by atoms with Gasteiger partial charge in [0.25, 0.3) is 0 Å². The van der Waals surface area contributed by atoms with Crippen LogP contribution in [-0.4, -0.2) is 18.9 Å². The fraction of sp³-hybridized carbons (Fsp3) is 0.600. The summed E-state index contributed by atoms with van der Waals surface area (Å²) in [5.74, 6) is 2.45. The standard InChI is InChI=1S/C15H23NOS/c1-11-7-8-12(10-16)15(9-11)18-14-6-4-3-5-13(14)17-2/h3-6,11-12,15H,7-10,16H2,1-2H3. The molecule has 2 nitrogen and oxygen atoms in total. The van der Waals surface area contributed by atoms with E-state index in [-0.39, 0.29) is 0 Å². The molecule has 1 fully saturated rings. The lowest BCUT2D eigenvalue weighted by molar-refractivity contribution is 0.306. The summed E-state index contributed by atoms with van der Waals surface area (Å²) in [4.78, 5) is 1.25. The van der Waals surface area contributed by atoms with Crippen molar-refractivity contribution in [2.24, 2.45) is 17.6 Å². The van der Waals surface area contributed by atoms with Gasteiger partial charge in [0.2, 0.25) is 0 Å². The fourth-order valence-electron chi connectivity index (χ4n) is 2.68. The number of thioether (sulfide) groups is 1. The highest BCUT2D eigenvalue weighted by molar-refractivity contribution is 8.00. The fourth-order valence-corrected chi connectivity index (χ4v) is 4.30. The van der Waals surface area contributed by atoms with Crippen LogP contribution in [0.2, 0.25) is 0 Å². The van der Waals surface area contributed by atoms with Crippen LogP contribution in [0.3, 0.4) is 0 Å². The van der Waals surface area contributed by atoms with E-state index in [1.807, 2.05) is 23.9 Å². The van der Waals surface area contributed by atoms with Crippen molar-refractivity contribution in [2.75, 3.05) is 13.7 Å². The van der Waals surface area contributed by atoms with E-state index in [0.29, 0.717) is 11.2 Å². The van der Waals surface area contributed by atoms with E-state index in [4.69, 9.17) is 10.5 Å². The molecular weight excluding hydrogens is 242 g/mol. The molecule has 18 heavy (non-hydrogen) atoms. The Morgan fingerprint density at radius 3 is 2.83 bits per heavy atom. The third kappa shape index (κ3) is 3.21. The summed E-state index contributed by atoms with van der Waals surface area (Å²) in [6, 6.07) is 8.28. The minimum Gasteiger partial charge on any atom is -0.496 e. The summed E-state index contributed by atoms with van der Waals surface area (Å²) in [5, 5.41) is 0.634. The number of para-hydroxylation sites is 1. The van der Waals surface area contributed by atoms with Crippen LogP contribution in [0.4, 0.5) is 0 Å². The molecule has 0 spiro atoms. The monoisotopic (exact) mass is 265 g/mol. The first-order valence-electron chi connectivity index (χ1n) is 6.74. The van der Waals surface area contributed by atoms with Crippen LogP contribution in [-0.2, 0) is 0 Å². The van der Waals surface area contributed by atoms with Crippen molar-refractivity contribution in [1.82, 2.24) is 0 Å². The maximum atomic E-state index is 5.92. The molecule has 0 amide bonds. The normalized spacial score (nSPS) is 28.1. The van der Waals surface area contributed by atoms with E-state index in [1.165, 1.54) is 24.2 Å². The minimum absolute atomic E-state index is 0.634. The number of benzene rings is 1. The summed E-state index contributed by atoms with van der Waals surface area (Å²) in [6.45, 7) is 3.15. The van der Waals surface area contributed by atoms with Crippen molar-refractivity contribution < 1.29 is 4.74 Å². The maximum Gasteiger partial charge on any atom is 0.132 e. The number of hydrogen-bond acceptors (Lipinski definition) is 3. The molecule has 1 aliphatic carbocycles. The third-order valence-electron chi connectivity index (χ3n) is 3.84. The number of ether oxygens (including phenoxy) is 1. The molecule has 3 atom stereocenters. The van der Waals surface area contributed by atoms with Gasteiger partial charge >= 0.3 is 0 Å². The molecule has 3 unspecified atom stereocenters. The van der Waals surface area contributed by atoms with Gasteiger partial charge in [-0.25, -0.2) is 0 Å². The lowest BCUT2D eigenvalue weighted by Crippen LogP contribution is -2.31. The van der Waals surface area contributed by atoms with Gasteiger partial charge in [0.05, 0.1) is 7.11 Å². The van der Waals surface area contributed by atoms with E-state index in [9.17, 15) is 0 Å². The van der Waals surface area contributed by atoms with Crippen molar-refractivity contribution >= 4 is 11.8 Å². The molecule has 1 aromatic carbocycles. The Hall–Kier alpha value is -0.670. The van der Waals surface area contributed by atoms with Gasteiger partial charge in [-0.15, -0.1) is 11.8 Å². The molecule has 2 N–H and O–H groups in total. The van der Waals surface area contributed by atoms with Crippen LogP contribution >= 0.6 is 11.8 Å². The number of hydrogen-bond donors (Lipinski definition) is 1. The van der Waals surface area contributed by atoms with Crippen molar-refractivity contribution in [1.29, 1.82) is 0 Å². The summed E-state index contributed by atoms with van der Waals surface area (Å²) in [6.07, 6.45) is 3.86. The Morgan fingerprint density at radius 2 is 2.11 bits per heavy atom. The largest absolute Gasteiger partial charge is 0.496 e. The molecule has 0 aromatic heterocycles. The number of nitrogens with two attached hydrogens (primary N) is 1. The lowest BCUT2D eigenvalue weighted by Gasteiger charge is -2.34. The second-order valence-corrected chi connectivity index (χ2v) is 6.50. The Labute approximate surface area is 114 Å². The Morgan fingerprint density at radius 1 is 1.33 bits per heavy atom. The van der Waals surface area contributed by atoms with Gasteiger partial charge in [0, 0.05) is 10.1 Å². The van der Waals surface area contributed by atoms with Crippen LogP contribution in [0, 0.1) is 11.8 Å². The third-order valence-corrected chi connectivity index (χ3v) is 5.31. The minimum atomic E-state index is 0.634. The zero-order valence-corrected chi connectivity index (χ0v) is 12.1. The highest BCUT2D eigenvalue weighted by Gasteiger charge is 2.29. The molecule has 0 aliphatic heterocycles. The topological polar surface area (TPSA) is 35.2 Å². The Bertz CT molecular complexity index is 383. The predicted octanol–water partition coefficient (Wildman–Crippen LogP) is 3.55. The van der Waals surface area contributed by atoms with Crippen LogP contribution in [0.25, 0.3) is 0 Å². The summed E-state index contributed by atoms with van der Waals surface area (Å²) >= 11 is 1.95. The smallest absolute Gasteiger partial charge is 0.132 e. The zero-order chi connectivity index (χ0) is 13.0. The van der Waals surface area contributed by atoms with Gasteiger partial charge in [0.1, 0.15) is 5.75 Å². The summed E-state index contributed by atoms with van der Waals surface area (Å²) < 4.78 is 5.43. The first-order chi connectivity index (χ1) is 8.74. The molecule has 0 radical (unpaired) electrons. The Kier molecular flexibility index (Phi) is 4.95. The average Bonchev–Trinajstić information content (AvgIpc) is 2.40. The maximum absolute atomic E-state index is 5.92. The Balaban J connectivity index is 2.10. The van der Waals surface area contributed by atoms with E-state index in [1.54, 1.807) is 7.11 Å². The molecular formula is C15H23NOS. The molecule has 2 rings (SSSR count). The molecule has 3 heteroatoms. The van der Waals surface area contributed by atoms with Crippen LogP contribution in [0.1, 0.15) is 26.2 Å². The van der Waals surface area contributed by atoms with Gasteiger partial charge in [-0.3, -0.25) is 0 Å². The lowest BCUT2D eigenvalue weighted by atomic mass is 9.82. The zero-order valence-electron chi connectivity index (χ0n) is 11.3. The second-order valence-electron chi connectivity index (χ2n) is 5.22. The van der Waals surface area contributed by atoms with E-state index in [0.717, 1.165) is 18.2 Å². The van der Waals surface area contributed by atoms with Gasteiger partial charge < -0.3 is 10.5 Å². The van der Waals surface area contributed by atoms with Gasteiger partial charge in [-0.05, 0) is 43.4 Å².